The summed E-state index contributed by atoms with van der Waals surface area (Å²) in [7, 11) is 0. The Hall–Kier alpha value is -4.24. The maximum absolute atomic E-state index is 14.1. The number of aromatic nitrogens is 2. The zero-order valence-corrected chi connectivity index (χ0v) is 21.6. The summed E-state index contributed by atoms with van der Waals surface area (Å²) < 4.78 is 15.9. The number of para-hydroxylation sites is 1. The Balaban J connectivity index is 1.55. The minimum absolute atomic E-state index is 0.259. The summed E-state index contributed by atoms with van der Waals surface area (Å²) in [6, 6.07) is 20.4. The fourth-order valence-corrected chi connectivity index (χ4v) is 4.66. The normalized spacial score (nSPS) is 14.5. The van der Waals surface area contributed by atoms with E-state index in [1.54, 1.807) is 35.9 Å². The van der Waals surface area contributed by atoms with Gasteiger partial charge in [0.1, 0.15) is 23.2 Å². The van der Waals surface area contributed by atoms with E-state index in [-0.39, 0.29) is 16.3 Å². The third-order valence-electron chi connectivity index (χ3n) is 6.11. The lowest BCUT2D eigenvalue weighted by Gasteiger charge is -2.30. The molecule has 5 rings (SSSR count). The molecule has 2 amide bonds. The van der Waals surface area contributed by atoms with Crippen LogP contribution in [0.15, 0.2) is 94.7 Å². The van der Waals surface area contributed by atoms with Gasteiger partial charge in [0.25, 0.3) is 11.8 Å². The van der Waals surface area contributed by atoms with Crippen LogP contribution in [0.5, 0.6) is 0 Å². The molecule has 186 valence electrons. The SMILES string of the molecule is CC1=C(C(=O)Nc2ccccc2)C(c2ccc(F)c(Br)c2)n2ncc(C(=O)Nc3ccc(C)cc3)c2N1. The summed E-state index contributed by atoms with van der Waals surface area (Å²) in [6.07, 6.45) is 1.46. The Bertz CT molecular complexity index is 1530. The molecule has 9 heteroatoms. The number of rotatable bonds is 5. The van der Waals surface area contributed by atoms with Crippen LogP contribution in [-0.4, -0.2) is 21.6 Å². The maximum atomic E-state index is 14.1. The molecule has 37 heavy (non-hydrogen) atoms. The third-order valence-corrected chi connectivity index (χ3v) is 6.72. The minimum atomic E-state index is -0.710. The standard InChI is InChI=1S/C28H23BrFN5O2/c1-16-8-11-20(12-9-16)33-27(36)21-15-31-35-25(18-10-13-23(30)22(29)14-18)24(17(2)32-26(21)35)28(37)34-19-6-4-3-5-7-19/h3-15,25,32H,1-2H3,(H,33,36)(H,34,37). The van der Waals surface area contributed by atoms with E-state index in [0.717, 1.165) is 5.56 Å². The first kappa shape index (κ1) is 24.5. The molecule has 0 bridgehead atoms. The van der Waals surface area contributed by atoms with Crippen LogP contribution < -0.4 is 16.0 Å². The summed E-state index contributed by atoms with van der Waals surface area (Å²) in [5, 5.41) is 13.5. The van der Waals surface area contributed by atoms with Crippen molar-refractivity contribution >= 4 is 44.9 Å². The third kappa shape index (κ3) is 4.90. The van der Waals surface area contributed by atoms with Crippen molar-refractivity contribution in [1.29, 1.82) is 0 Å². The van der Waals surface area contributed by atoms with Crippen LogP contribution in [0.2, 0.25) is 0 Å². The second-order valence-electron chi connectivity index (χ2n) is 8.73. The molecule has 7 nitrogen and oxygen atoms in total. The van der Waals surface area contributed by atoms with Gasteiger partial charge in [-0.1, -0.05) is 42.0 Å². The van der Waals surface area contributed by atoms with E-state index in [1.807, 2.05) is 49.4 Å². The van der Waals surface area contributed by atoms with Crippen molar-refractivity contribution in [2.75, 3.05) is 16.0 Å². The Morgan fingerprint density at radius 3 is 2.32 bits per heavy atom. The summed E-state index contributed by atoms with van der Waals surface area (Å²) >= 11 is 3.25. The summed E-state index contributed by atoms with van der Waals surface area (Å²) in [4.78, 5) is 26.7. The molecule has 1 aliphatic rings. The van der Waals surface area contributed by atoms with Gasteiger partial charge in [0.05, 0.1) is 16.2 Å². The predicted octanol–water partition coefficient (Wildman–Crippen LogP) is 6.27. The molecular weight excluding hydrogens is 537 g/mol. The first-order valence-electron chi connectivity index (χ1n) is 11.6. The van der Waals surface area contributed by atoms with Gasteiger partial charge in [-0.15, -0.1) is 0 Å². The molecule has 3 N–H and O–H groups in total. The lowest BCUT2D eigenvalue weighted by Crippen LogP contribution is -2.32. The highest BCUT2D eigenvalue weighted by Crippen LogP contribution is 2.39. The van der Waals surface area contributed by atoms with Crippen LogP contribution in [0, 0.1) is 12.7 Å². The predicted molar refractivity (Wildman–Crippen MR) is 145 cm³/mol. The quantitative estimate of drug-likeness (QED) is 0.269. The highest BCUT2D eigenvalue weighted by atomic mass is 79.9. The summed E-state index contributed by atoms with van der Waals surface area (Å²) in [5.41, 5.74) is 4.25. The fourth-order valence-electron chi connectivity index (χ4n) is 4.26. The number of aryl methyl sites for hydroxylation is 1. The van der Waals surface area contributed by atoms with Gasteiger partial charge in [0.2, 0.25) is 0 Å². The number of carbonyl (C=O) groups is 2. The molecule has 0 saturated carbocycles. The first-order chi connectivity index (χ1) is 17.8. The molecule has 1 aromatic heterocycles. The molecule has 3 aromatic carbocycles. The van der Waals surface area contributed by atoms with E-state index in [1.165, 1.54) is 12.3 Å². The van der Waals surface area contributed by atoms with Crippen molar-refractivity contribution in [2.24, 2.45) is 0 Å². The van der Waals surface area contributed by atoms with Crippen LogP contribution in [0.25, 0.3) is 0 Å². The van der Waals surface area contributed by atoms with Crippen molar-refractivity contribution in [2.45, 2.75) is 19.9 Å². The van der Waals surface area contributed by atoms with Crippen LogP contribution in [0.3, 0.4) is 0 Å². The van der Waals surface area contributed by atoms with Crippen molar-refractivity contribution in [3.05, 3.63) is 117 Å². The Labute approximate surface area is 221 Å². The lowest BCUT2D eigenvalue weighted by atomic mass is 9.94. The number of carbonyl (C=O) groups excluding carboxylic acids is 2. The average molecular weight is 560 g/mol. The highest BCUT2D eigenvalue weighted by Gasteiger charge is 2.35. The molecule has 0 saturated heterocycles. The smallest absolute Gasteiger partial charge is 0.261 e. The molecule has 0 aliphatic carbocycles. The van der Waals surface area contributed by atoms with Crippen molar-refractivity contribution < 1.29 is 14.0 Å². The number of allylic oxidation sites excluding steroid dienone is 1. The van der Waals surface area contributed by atoms with E-state index < -0.39 is 11.9 Å². The van der Waals surface area contributed by atoms with Gasteiger partial charge in [-0.25, -0.2) is 9.07 Å². The molecule has 0 fully saturated rings. The van der Waals surface area contributed by atoms with Crippen LogP contribution >= 0.6 is 15.9 Å². The molecular formula is C28H23BrFN5O2. The second-order valence-corrected chi connectivity index (χ2v) is 9.59. The van der Waals surface area contributed by atoms with Crippen LogP contribution in [-0.2, 0) is 4.79 Å². The number of amides is 2. The van der Waals surface area contributed by atoms with E-state index in [0.29, 0.717) is 39.6 Å². The number of hydrogen-bond acceptors (Lipinski definition) is 4. The van der Waals surface area contributed by atoms with Crippen LogP contribution in [0.4, 0.5) is 21.6 Å². The van der Waals surface area contributed by atoms with Gasteiger partial charge in [0.15, 0.2) is 0 Å². The Morgan fingerprint density at radius 2 is 1.62 bits per heavy atom. The molecule has 2 heterocycles. The van der Waals surface area contributed by atoms with Gasteiger partial charge in [-0.2, -0.15) is 5.10 Å². The fraction of sp³-hybridized carbons (Fsp3) is 0.107. The molecule has 0 radical (unpaired) electrons. The number of fused-ring (bicyclic) bond motifs is 1. The van der Waals surface area contributed by atoms with Gasteiger partial charge in [0, 0.05) is 17.1 Å². The Morgan fingerprint density at radius 1 is 0.946 bits per heavy atom. The Kier molecular flexibility index (Phi) is 6.62. The van der Waals surface area contributed by atoms with Gasteiger partial charge >= 0.3 is 0 Å². The van der Waals surface area contributed by atoms with Gasteiger partial charge in [-0.05, 0) is 71.7 Å². The number of hydrogen-bond donors (Lipinski definition) is 3. The lowest BCUT2D eigenvalue weighted by molar-refractivity contribution is -0.113. The zero-order valence-electron chi connectivity index (χ0n) is 20.0. The van der Waals surface area contributed by atoms with E-state index in [4.69, 9.17) is 0 Å². The van der Waals surface area contributed by atoms with Crippen molar-refractivity contribution in [3.8, 4) is 0 Å². The van der Waals surface area contributed by atoms with E-state index in [2.05, 4.69) is 37.0 Å². The molecule has 1 atom stereocenters. The second kappa shape index (κ2) is 10.0. The van der Waals surface area contributed by atoms with Crippen LogP contribution in [0.1, 0.15) is 34.5 Å². The summed E-state index contributed by atoms with van der Waals surface area (Å²) in [6.45, 7) is 3.74. The molecule has 0 spiro atoms. The van der Waals surface area contributed by atoms with E-state index >= 15 is 0 Å². The monoisotopic (exact) mass is 559 g/mol. The number of anilines is 3. The number of benzene rings is 3. The van der Waals surface area contributed by atoms with Crippen molar-refractivity contribution in [1.82, 2.24) is 9.78 Å². The zero-order chi connectivity index (χ0) is 26.1. The largest absolute Gasteiger partial charge is 0.343 e. The van der Waals surface area contributed by atoms with E-state index in [9.17, 15) is 14.0 Å². The molecule has 1 unspecified atom stereocenters. The number of halogens is 2. The van der Waals surface area contributed by atoms with Crippen molar-refractivity contribution in [3.63, 3.8) is 0 Å². The van der Waals surface area contributed by atoms with Gasteiger partial charge in [-0.3, -0.25) is 9.59 Å². The molecule has 1 aliphatic heterocycles. The highest BCUT2D eigenvalue weighted by molar-refractivity contribution is 9.10. The summed E-state index contributed by atoms with van der Waals surface area (Å²) in [5.74, 6) is -0.675. The first-order valence-corrected chi connectivity index (χ1v) is 12.4. The number of nitrogens with zero attached hydrogens (tertiary/aromatic N) is 2. The molecule has 4 aromatic rings. The average Bonchev–Trinajstić information content (AvgIpc) is 3.30. The maximum Gasteiger partial charge on any atom is 0.261 e. The van der Waals surface area contributed by atoms with Gasteiger partial charge < -0.3 is 16.0 Å². The topological polar surface area (TPSA) is 88.0 Å². The minimum Gasteiger partial charge on any atom is -0.343 e. The number of nitrogens with one attached hydrogen (secondary N) is 3.